The zero-order chi connectivity index (χ0) is 24.4. The molecule has 0 saturated carbocycles. The molecule has 0 fully saturated rings. The van der Waals surface area contributed by atoms with Crippen LogP contribution in [0.25, 0.3) is 0 Å². The highest BCUT2D eigenvalue weighted by atomic mass is 16.6. The first-order valence-corrected chi connectivity index (χ1v) is 10.4. The van der Waals surface area contributed by atoms with Crippen molar-refractivity contribution in [2.45, 2.75) is 19.4 Å². The number of carbonyl (C=O) groups excluding carboxylic acids is 4. The molecule has 9 nitrogen and oxygen atoms in total. The van der Waals surface area contributed by atoms with E-state index >= 15 is 0 Å². The molecule has 1 aliphatic heterocycles. The number of nitro groups is 1. The van der Waals surface area contributed by atoms with E-state index in [9.17, 15) is 29.3 Å². The number of nitro benzene ring substituents is 1. The van der Waals surface area contributed by atoms with Crippen LogP contribution in [0.5, 0.6) is 0 Å². The number of imide groups is 1. The van der Waals surface area contributed by atoms with E-state index in [0.29, 0.717) is 5.56 Å². The van der Waals surface area contributed by atoms with E-state index in [1.165, 1.54) is 36.4 Å². The van der Waals surface area contributed by atoms with E-state index in [-0.39, 0.29) is 34.6 Å². The van der Waals surface area contributed by atoms with Crippen LogP contribution in [0, 0.1) is 10.1 Å². The standard InChI is InChI=1S/C25H18N2O7/c1-2-20(22(28)15-7-4-3-5-8-15)34-25(31)16-11-13-17(14-12-16)26-23(29)18-9-6-10-19(27(32)33)21(18)24(26)30/h3-14,20H,2H2,1H3. The maximum Gasteiger partial charge on any atom is 0.338 e. The summed E-state index contributed by atoms with van der Waals surface area (Å²) in [6, 6.07) is 17.8. The largest absolute Gasteiger partial charge is 0.450 e. The number of carbonyl (C=O) groups is 4. The van der Waals surface area contributed by atoms with Crippen LogP contribution in [0.1, 0.15) is 54.8 Å². The predicted molar refractivity (Wildman–Crippen MR) is 121 cm³/mol. The van der Waals surface area contributed by atoms with Gasteiger partial charge in [0.2, 0.25) is 5.78 Å². The number of hydrogen-bond donors (Lipinski definition) is 0. The number of anilines is 1. The number of esters is 1. The molecule has 34 heavy (non-hydrogen) atoms. The molecule has 0 bridgehead atoms. The van der Waals surface area contributed by atoms with Crippen molar-refractivity contribution < 1.29 is 28.8 Å². The van der Waals surface area contributed by atoms with E-state index in [1.807, 2.05) is 0 Å². The summed E-state index contributed by atoms with van der Waals surface area (Å²) < 4.78 is 5.39. The number of amides is 2. The Balaban J connectivity index is 1.53. The summed E-state index contributed by atoms with van der Waals surface area (Å²) in [6.07, 6.45) is -0.683. The number of ketones is 1. The summed E-state index contributed by atoms with van der Waals surface area (Å²) in [5.41, 5.74) is -0.0985. The second-order valence-corrected chi connectivity index (χ2v) is 7.48. The van der Waals surface area contributed by atoms with Crippen LogP contribution < -0.4 is 4.90 Å². The molecule has 3 aromatic rings. The summed E-state index contributed by atoms with van der Waals surface area (Å²) in [5.74, 6) is -2.57. The molecule has 2 amide bonds. The topological polar surface area (TPSA) is 124 Å². The highest BCUT2D eigenvalue weighted by molar-refractivity contribution is 6.35. The Bertz CT molecular complexity index is 1320. The SMILES string of the molecule is CCC(OC(=O)c1ccc(N2C(=O)c3cccc([N+](=O)[O-])c3C2=O)cc1)C(=O)c1ccccc1. The maximum atomic E-state index is 12.8. The van der Waals surface area contributed by atoms with Crippen LogP contribution in [-0.2, 0) is 4.74 Å². The van der Waals surface area contributed by atoms with Gasteiger partial charge in [-0.25, -0.2) is 9.69 Å². The lowest BCUT2D eigenvalue weighted by molar-refractivity contribution is -0.385. The van der Waals surface area contributed by atoms with Gasteiger partial charge in [0.15, 0.2) is 6.10 Å². The second kappa shape index (κ2) is 9.07. The molecular formula is C25H18N2O7. The van der Waals surface area contributed by atoms with Crippen molar-refractivity contribution in [3.63, 3.8) is 0 Å². The van der Waals surface area contributed by atoms with Crippen LogP contribution in [-0.4, -0.2) is 34.6 Å². The monoisotopic (exact) mass is 458 g/mol. The molecule has 1 heterocycles. The molecule has 1 unspecified atom stereocenters. The lowest BCUT2D eigenvalue weighted by Crippen LogP contribution is -2.29. The summed E-state index contributed by atoms with van der Waals surface area (Å²) in [7, 11) is 0. The first kappa shape index (κ1) is 22.5. The van der Waals surface area contributed by atoms with Crippen molar-refractivity contribution in [1.29, 1.82) is 0 Å². The molecule has 0 saturated heterocycles. The number of Topliss-reactive ketones (excluding diaryl/α,β-unsaturated/α-hetero) is 1. The zero-order valence-electron chi connectivity index (χ0n) is 18.0. The lowest BCUT2D eigenvalue weighted by atomic mass is 10.0. The second-order valence-electron chi connectivity index (χ2n) is 7.48. The van der Waals surface area contributed by atoms with Gasteiger partial charge in [0, 0.05) is 11.6 Å². The number of rotatable bonds is 7. The number of ether oxygens (including phenoxy) is 1. The fourth-order valence-corrected chi connectivity index (χ4v) is 3.71. The maximum absolute atomic E-state index is 12.8. The molecular weight excluding hydrogens is 440 g/mol. The average Bonchev–Trinajstić information content (AvgIpc) is 3.12. The summed E-state index contributed by atoms with van der Waals surface area (Å²) in [6.45, 7) is 1.73. The quantitative estimate of drug-likeness (QED) is 0.171. The van der Waals surface area contributed by atoms with Gasteiger partial charge in [-0.1, -0.05) is 43.3 Å². The average molecular weight is 458 g/mol. The summed E-state index contributed by atoms with van der Waals surface area (Å²) >= 11 is 0. The molecule has 1 atom stereocenters. The van der Waals surface area contributed by atoms with Gasteiger partial charge in [0.1, 0.15) is 5.56 Å². The van der Waals surface area contributed by atoms with Gasteiger partial charge < -0.3 is 4.74 Å². The minimum atomic E-state index is -0.966. The fourth-order valence-electron chi connectivity index (χ4n) is 3.71. The number of nitrogens with zero attached hydrogens (tertiary/aromatic N) is 2. The van der Waals surface area contributed by atoms with Gasteiger partial charge >= 0.3 is 5.97 Å². The first-order chi connectivity index (χ1) is 16.3. The Morgan fingerprint density at radius 1 is 0.912 bits per heavy atom. The van der Waals surface area contributed by atoms with E-state index in [0.717, 1.165) is 11.0 Å². The van der Waals surface area contributed by atoms with Gasteiger partial charge in [0.25, 0.3) is 17.5 Å². The molecule has 1 aliphatic rings. The highest BCUT2D eigenvalue weighted by Gasteiger charge is 2.41. The van der Waals surface area contributed by atoms with Crippen LogP contribution in [0.2, 0.25) is 0 Å². The third-order valence-corrected chi connectivity index (χ3v) is 5.42. The minimum absolute atomic E-state index is 0.0621. The number of hydrogen-bond acceptors (Lipinski definition) is 7. The van der Waals surface area contributed by atoms with Gasteiger partial charge in [-0.3, -0.25) is 24.5 Å². The normalized spacial score (nSPS) is 13.4. The zero-order valence-corrected chi connectivity index (χ0v) is 18.0. The molecule has 0 N–H and O–H groups in total. The number of fused-ring (bicyclic) bond motifs is 1. The minimum Gasteiger partial charge on any atom is -0.450 e. The van der Waals surface area contributed by atoms with Crippen molar-refractivity contribution in [2.75, 3.05) is 4.90 Å². The molecule has 170 valence electrons. The Morgan fingerprint density at radius 2 is 1.59 bits per heavy atom. The van der Waals surface area contributed by atoms with Crippen molar-refractivity contribution in [2.24, 2.45) is 0 Å². The van der Waals surface area contributed by atoms with Crippen molar-refractivity contribution in [3.05, 3.63) is 105 Å². The van der Waals surface area contributed by atoms with Gasteiger partial charge in [-0.05, 0) is 36.8 Å². The molecule has 0 radical (unpaired) electrons. The summed E-state index contributed by atoms with van der Waals surface area (Å²) in [4.78, 5) is 62.2. The van der Waals surface area contributed by atoms with E-state index in [2.05, 4.69) is 0 Å². The van der Waals surface area contributed by atoms with E-state index in [1.54, 1.807) is 37.3 Å². The third-order valence-electron chi connectivity index (χ3n) is 5.42. The van der Waals surface area contributed by atoms with Crippen LogP contribution in [0.4, 0.5) is 11.4 Å². The lowest BCUT2D eigenvalue weighted by Gasteiger charge is -2.16. The number of benzene rings is 3. The molecule has 0 spiro atoms. The van der Waals surface area contributed by atoms with Crippen molar-refractivity contribution >= 4 is 34.9 Å². The molecule has 0 aliphatic carbocycles. The van der Waals surface area contributed by atoms with Crippen molar-refractivity contribution in [1.82, 2.24) is 0 Å². The van der Waals surface area contributed by atoms with Crippen LogP contribution >= 0.6 is 0 Å². The smallest absolute Gasteiger partial charge is 0.338 e. The Kier molecular flexibility index (Phi) is 6.01. The third kappa shape index (κ3) is 3.95. The van der Waals surface area contributed by atoms with Crippen molar-refractivity contribution in [3.8, 4) is 0 Å². The van der Waals surface area contributed by atoms with Gasteiger partial charge in [-0.2, -0.15) is 0 Å². The molecule has 4 rings (SSSR count). The fraction of sp³-hybridized carbons (Fsp3) is 0.120. The van der Waals surface area contributed by atoms with Crippen LogP contribution in [0.15, 0.2) is 72.8 Å². The Morgan fingerprint density at radius 3 is 2.21 bits per heavy atom. The molecule has 9 heteroatoms. The van der Waals surface area contributed by atoms with Crippen LogP contribution in [0.3, 0.4) is 0 Å². The molecule has 3 aromatic carbocycles. The Labute approximate surface area is 193 Å². The van der Waals surface area contributed by atoms with E-state index in [4.69, 9.17) is 4.74 Å². The van der Waals surface area contributed by atoms with Gasteiger partial charge in [-0.15, -0.1) is 0 Å². The molecule has 0 aromatic heterocycles. The van der Waals surface area contributed by atoms with Gasteiger partial charge in [0.05, 0.1) is 21.7 Å². The summed E-state index contributed by atoms with van der Waals surface area (Å²) in [5, 5.41) is 11.3. The first-order valence-electron chi connectivity index (χ1n) is 10.4. The van der Waals surface area contributed by atoms with E-state index < -0.39 is 34.5 Å². The predicted octanol–water partition coefficient (Wildman–Crippen LogP) is 4.21. The Hall–Kier alpha value is -4.66. The highest BCUT2D eigenvalue weighted by Crippen LogP contribution is 2.34.